The number of thiophene rings is 1. The summed E-state index contributed by atoms with van der Waals surface area (Å²) in [6, 6.07) is 2.09. The molecule has 3 rings (SSSR count). The van der Waals surface area contributed by atoms with E-state index >= 15 is 0 Å². The van der Waals surface area contributed by atoms with Crippen molar-refractivity contribution in [2.75, 3.05) is 18.0 Å². The Morgan fingerprint density at radius 1 is 1.44 bits per heavy atom. The van der Waals surface area contributed by atoms with Crippen molar-refractivity contribution in [2.45, 2.75) is 26.2 Å². The monoisotopic (exact) mass is 281 g/mol. The first-order valence-electron chi connectivity index (χ1n) is 6.43. The van der Waals surface area contributed by atoms with Crippen LogP contribution in [0.3, 0.4) is 0 Å². The van der Waals surface area contributed by atoms with Crippen molar-refractivity contribution >= 4 is 39.0 Å². The average Bonchev–Trinajstić information content (AvgIpc) is 2.75. The van der Waals surface area contributed by atoms with Gasteiger partial charge in [0, 0.05) is 13.1 Å². The first-order chi connectivity index (χ1) is 8.78. The van der Waals surface area contributed by atoms with Gasteiger partial charge in [0.1, 0.15) is 10.6 Å². The Balaban J connectivity index is 1.96. The zero-order chi connectivity index (χ0) is 12.5. The van der Waals surface area contributed by atoms with Gasteiger partial charge < -0.3 is 4.90 Å². The van der Waals surface area contributed by atoms with E-state index in [1.807, 2.05) is 0 Å². The number of rotatable bonds is 4. The second-order valence-corrected chi connectivity index (χ2v) is 6.02. The molecule has 3 nitrogen and oxygen atoms in total. The Kier molecular flexibility index (Phi) is 3.39. The second-order valence-electron chi connectivity index (χ2n) is 4.79. The number of nitrogens with zero attached hydrogens (tertiary/aromatic N) is 3. The predicted molar refractivity (Wildman–Crippen MR) is 77.7 cm³/mol. The summed E-state index contributed by atoms with van der Waals surface area (Å²) in [4.78, 5) is 12.0. The van der Waals surface area contributed by atoms with Gasteiger partial charge >= 0.3 is 0 Å². The van der Waals surface area contributed by atoms with Crippen LogP contribution in [0.5, 0.6) is 0 Å². The molecule has 0 bridgehead atoms. The lowest BCUT2D eigenvalue weighted by Crippen LogP contribution is -2.33. The molecule has 0 aliphatic heterocycles. The number of halogens is 1. The van der Waals surface area contributed by atoms with E-state index in [2.05, 4.69) is 33.2 Å². The number of aromatic nitrogens is 2. The molecule has 5 heteroatoms. The van der Waals surface area contributed by atoms with Gasteiger partial charge in [-0.25, -0.2) is 4.98 Å². The van der Waals surface area contributed by atoms with E-state index in [4.69, 9.17) is 11.6 Å². The van der Waals surface area contributed by atoms with E-state index in [0.29, 0.717) is 5.28 Å². The largest absolute Gasteiger partial charge is 0.356 e. The van der Waals surface area contributed by atoms with Crippen molar-refractivity contribution in [3.8, 4) is 0 Å². The third-order valence-corrected chi connectivity index (χ3v) is 4.64. The molecule has 2 heterocycles. The molecule has 1 fully saturated rings. The molecular weight excluding hydrogens is 266 g/mol. The molecule has 1 aliphatic carbocycles. The first kappa shape index (κ1) is 12.2. The van der Waals surface area contributed by atoms with Crippen LogP contribution in [0.4, 0.5) is 5.82 Å². The Hall–Kier alpha value is -0.870. The van der Waals surface area contributed by atoms with E-state index < -0.39 is 0 Å². The highest BCUT2D eigenvalue weighted by Crippen LogP contribution is 2.32. The van der Waals surface area contributed by atoms with Gasteiger partial charge in [-0.1, -0.05) is 6.42 Å². The fourth-order valence-electron chi connectivity index (χ4n) is 2.41. The standard InChI is InChI=1S/C13H16ClN3S/c1-2-17(8-9-4-3-5-9)11-10-6-7-18-12(10)16-13(14)15-11/h6-7,9H,2-5,8H2,1H3. The number of anilines is 1. The molecule has 0 atom stereocenters. The SMILES string of the molecule is CCN(CC1CCC1)c1nc(Cl)nc2sccc12. The number of hydrogen-bond donors (Lipinski definition) is 0. The van der Waals surface area contributed by atoms with E-state index in [-0.39, 0.29) is 0 Å². The summed E-state index contributed by atoms with van der Waals surface area (Å²) < 4.78 is 0. The van der Waals surface area contributed by atoms with Gasteiger partial charge in [0.25, 0.3) is 0 Å². The number of hydrogen-bond acceptors (Lipinski definition) is 4. The Bertz CT molecular complexity index is 550. The maximum Gasteiger partial charge on any atom is 0.225 e. The van der Waals surface area contributed by atoms with Gasteiger partial charge in [-0.2, -0.15) is 4.98 Å². The van der Waals surface area contributed by atoms with Crippen LogP contribution in [-0.4, -0.2) is 23.1 Å². The summed E-state index contributed by atoms with van der Waals surface area (Å²) in [6.45, 7) is 4.23. The molecule has 0 aromatic carbocycles. The van der Waals surface area contributed by atoms with Gasteiger partial charge in [-0.05, 0) is 48.7 Å². The van der Waals surface area contributed by atoms with E-state index in [1.165, 1.54) is 19.3 Å². The minimum absolute atomic E-state index is 0.354. The molecule has 96 valence electrons. The Morgan fingerprint density at radius 2 is 2.28 bits per heavy atom. The second kappa shape index (κ2) is 5.02. The lowest BCUT2D eigenvalue weighted by atomic mass is 9.85. The van der Waals surface area contributed by atoms with Crippen LogP contribution in [0.1, 0.15) is 26.2 Å². The van der Waals surface area contributed by atoms with E-state index in [1.54, 1.807) is 11.3 Å². The molecule has 1 aliphatic rings. The van der Waals surface area contributed by atoms with Crippen molar-refractivity contribution < 1.29 is 0 Å². The lowest BCUT2D eigenvalue weighted by Gasteiger charge is -2.32. The molecule has 18 heavy (non-hydrogen) atoms. The summed E-state index contributed by atoms with van der Waals surface area (Å²) in [5.41, 5.74) is 0. The van der Waals surface area contributed by atoms with Gasteiger partial charge in [-0.3, -0.25) is 0 Å². The summed E-state index contributed by atoms with van der Waals surface area (Å²) in [7, 11) is 0. The molecule has 0 spiro atoms. The Morgan fingerprint density at radius 3 is 2.94 bits per heavy atom. The van der Waals surface area contributed by atoms with Crippen LogP contribution >= 0.6 is 22.9 Å². The van der Waals surface area contributed by atoms with E-state index in [0.717, 1.165) is 35.0 Å². The highest BCUT2D eigenvalue weighted by atomic mass is 35.5. The zero-order valence-corrected chi connectivity index (χ0v) is 12.0. The molecular formula is C13H16ClN3S. The fraction of sp³-hybridized carbons (Fsp3) is 0.538. The zero-order valence-electron chi connectivity index (χ0n) is 10.4. The van der Waals surface area contributed by atoms with Crippen molar-refractivity contribution in [1.29, 1.82) is 0 Å². The summed E-state index contributed by atoms with van der Waals surface area (Å²) in [6.07, 6.45) is 4.07. The lowest BCUT2D eigenvalue weighted by molar-refractivity contribution is 0.318. The van der Waals surface area contributed by atoms with Crippen LogP contribution in [-0.2, 0) is 0 Å². The normalized spacial score (nSPS) is 15.9. The molecule has 1 saturated carbocycles. The summed E-state index contributed by atoms with van der Waals surface area (Å²) >= 11 is 7.64. The van der Waals surface area contributed by atoms with Gasteiger partial charge in [0.15, 0.2) is 0 Å². The van der Waals surface area contributed by atoms with Crippen LogP contribution in [0.15, 0.2) is 11.4 Å². The smallest absolute Gasteiger partial charge is 0.225 e. The minimum Gasteiger partial charge on any atom is -0.356 e. The fourth-order valence-corrected chi connectivity index (χ4v) is 3.38. The van der Waals surface area contributed by atoms with Gasteiger partial charge in [0.2, 0.25) is 5.28 Å². The molecule has 0 unspecified atom stereocenters. The van der Waals surface area contributed by atoms with Crippen molar-refractivity contribution in [3.63, 3.8) is 0 Å². The molecule has 0 radical (unpaired) electrons. The topological polar surface area (TPSA) is 29.0 Å². The Labute approximate surface area is 116 Å². The predicted octanol–water partition coefficient (Wildman–Crippen LogP) is 3.97. The van der Waals surface area contributed by atoms with Crippen LogP contribution in [0.2, 0.25) is 5.28 Å². The van der Waals surface area contributed by atoms with Crippen LogP contribution in [0, 0.1) is 5.92 Å². The first-order valence-corrected chi connectivity index (χ1v) is 7.69. The maximum atomic E-state index is 6.02. The average molecular weight is 282 g/mol. The third kappa shape index (κ3) is 2.19. The molecule has 0 amide bonds. The summed E-state index contributed by atoms with van der Waals surface area (Å²) in [5.74, 6) is 1.83. The third-order valence-electron chi connectivity index (χ3n) is 3.66. The van der Waals surface area contributed by atoms with Crippen LogP contribution < -0.4 is 4.90 Å². The van der Waals surface area contributed by atoms with Gasteiger partial charge in [-0.15, -0.1) is 11.3 Å². The number of fused-ring (bicyclic) bond motifs is 1. The molecule has 2 aromatic heterocycles. The van der Waals surface area contributed by atoms with E-state index in [9.17, 15) is 0 Å². The quantitative estimate of drug-likeness (QED) is 0.794. The van der Waals surface area contributed by atoms with Crippen molar-refractivity contribution in [3.05, 3.63) is 16.7 Å². The highest BCUT2D eigenvalue weighted by molar-refractivity contribution is 7.16. The highest BCUT2D eigenvalue weighted by Gasteiger charge is 2.22. The van der Waals surface area contributed by atoms with Crippen molar-refractivity contribution in [2.24, 2.45) is 5.92 Å². The molecule has 0 N–H and O–H groups in total. The minimum atomic E-state index is 0.354. The van der Waals surface area contributed by atoms with Gasteiger partial charge in [0.05, 0.1) is 5.39 Å². The molecule has 0 saturated heterocycles. The summed E-state index contributed by atoms with van der Waals surface area (Å²) in [5, 5.41) is 3.54. The van der Waals surface area contributed by atoms with Crippen molar-refractivity contribution in [1.82, 2.24) is 9.97 Å². The maximum absolute atomic E-state index is 6.02. The molecule has 2 aromatic rings. The van der Waals surface area contributed by atoms with Crippen LogP contribution in [0.25, 0.3) is 10.2 Å².